The summed E-state index contributed by atoms with van der Waals surface area (Å²) in [5.41, 5.74) is 3.10. The van der Waals surface area contributed by atoms with Gasteiger partial charge in [0.05, 0.1) is 0 Å². The Balaban J connectivity index is 1.61. The van der Waals surface area contributed by atoms with Crippen molar-refractivity contribution >= 4 is 16.0 Å². The van der Waals surface area contributed by atoms with Crippen LogP contribution < -0.4 is 10.6 Å². The fraction of sp³-hybridized carbons (Fsp3) is 0.375. The third-order valence-corrected chi connectivity index (χ3v) is 7.15. The molecule has 0 saturated heterocycles. The van der Waals surface area contributed by atoms with Gasteiger partial charge in [0.1, 0.15) is 0 Å². The van der Waals surface area contributed by atoms with E-state index in [-0.39, 0.29) is 5.92 Å². The van der Waals surface area contributed by atoms with Gasteiger partial charge in [-0.15, -0.1) is 0 Å². The number of carbonyl (C=O) groups is 1. The Morgan fingerprint density at radius 1 is 0.935 bits per heavy atom. The number of allylic oxidation sites excluding steroid dienone is 1. The second kappa shape index (κ2) is 8.85. The molecular weight excluding hydrogens is 412 g/mol. The van der Waals surface area contributed by atoms with Crippen molar-refractivity contribution in [3.05, 3.63) is 82.6 Å². The van der Waals surface area contributed by atoms with Crippen molar-refractivity contribution in [2.75, 3.05) is 0 Å². The molecule has 1 saturated carbocycles. The second-order valence-corrected chi connectivity index (χ2v) is 10.0. The van der Waals surface area contributed by atoms with E-state index in [0.717, 1.165) is 36.8 Å². The van der Waals surface area contributed by atoms with Crippen molar-refractivity contribution in [2.24, 2.45) is 5.92 Å². The molecule has 2 aliphatic rings. The number of hydrogen-bond donors (Lipinski definition) is 3. The van der Waals surface area contributed by atoms with E-state index in [1.54, 1.807) is 0 Å². The van der Waals surface area contributed by atoms with Crippen molar-refractivity contribution in [1.29, 1.82) is 0 Å². The SMILES string of the molecule is Cc1cccc(CC2=C(C3CCC(c4ccccc4)CC3)NC(S(=O)(=O)O)NC2=O)c1. The maximum Gasteiger partial charge on any atom is 0.305 e. The third kappa shape index (κ3) is 4.99. The maximum absolute atomic E-state index is 12.9. The molecular formula is C24H28N2O4S. The van der Waals surface area contributed by atoms with Crippen LogP contribution in [0.4, 0.5) is 0 Å². The van der Waals surface area contributed by atoms with E-state index in [1.165, 1.54) is 5.56 Å². The quantitative estimate of drug-likeness (QED) is 0.617. The molecule has 1 fully saturated rings. The summed E-state index contributed by atoms with van der Waals surface area (Å²) in [7, 11) is -4.46. The molecule has 1 aliphatic heterocycles. The summed E-state index contributed by atoms with van der Waals surface area (Å²) >= 11 is 0. The van der Waals surface area contributed by atoms with Crippen LogP contribution in [-0.2, 0) is 21.3 Å². The van der Waals surface area contributed by atoms with Crippen LogP contribution in [0.5, 0.6) is 0 Å². The Labute approximate surface area is 183 Å². The van der Waals surface area contributed by atoms with Crippen molar-refractivity contribution < 1.29 is 17.8 Å². The summed E-state index contributed by atoms with van der Waals surface area (Å²) in [6, 6.07) is 18.3. The minimum Gasteiger partial charge on any atom is -0.353 e. The zero-order valence-electron chi connectivity index (χ0n) is 17.5. The van der Waals surface area contributed by atoms with Crippen LogP contribution in [0.1, 0.15) is 48.3 Å². The van der Waals surface area contributed by atoms with Crippen molar-refractivity contribution in [2.45, 2.75) is 50.4 Å². The Morgan fingerprint density at radius 2 is 1.61 bits per heavy atom. The largest absolute Gasteiger partial charge is 0.353 e. The van der Waals surface area contributed by atoms with E-state index in [0.29, 0.717) is 23.6 Å². The first-order valence-corrected chi connectivity index (χ1v) is 12.2. The van der Waals surface area contributed by atoms with Gasteiger partial charge in [-0.2, -0.15) is 8.42 Å². The number of rotatable bonds is 5. The first-order valence-electron chi connectivity index (χ1n) is 10.7. The van der Waals surface area contributed by atoms with Crippen molar-refractivity contribution in [1.82, 2.24) is 10.6 Å². The van der Waals surface area contributed by atoms with Gasteiger partial charge >= 0.3 is 10.1 Å². The molecule has 1 amide bonds. The van der Waals surface area contributed by atoms with Gasteiger partial charge in [-0.05, 0) is 55.6 Å². The van der Waals surface area contributed by atoms with E-state index < -0.39 is 21.5 Å². The van der Waals surface area contributed by atoms with Crippen LogP contribution in [0.15, 0.2) is 65.9 Å². The Morgan fingerprint density at radius 3 is 2.26 bits per heavy atom. The molecule has 6 nitrogen and oxygen atoms in total. The average Bonchev–Trinajstić information content (AvgIpc) is 2.75. The Kier molecular flexibility index (Phi) is 6.16. The average molecular weight is 441 g/mol. The molecule has 0 aromatic heterocycles. The summed E-state index contributed by atoms with van der Waals surface area (Å²) in [5, 5.41) is 5.34. The van der Waals surface area contributed by atoms with Crippen molar-refractivity contribution in [3.63, 3.8) is 0 Å². The molecule has 3 N–H and O–H groups in total. The van der Waals surface area contributed by atoms with E-state index >= 15 is 0 Å². The summed E-state index contributed by atoms with van der Waals surface area (Å²) in [6.45, 7) is 2.00. The predicted octanol–water partition coefficient (Wildman–Crippen LogP) is 3.66. The number of aryl methyl sites for hydroxylation is 1. The Hall–Kier alpha value is -2.64. The molecule has 7 heteroatoms. The zero-order valence-corrected chi connectivity index (χ0v) is 18.4. The first-order chi connectivity index (χ1) is 14.8. The fourth-order valence-corrected chi connectivity index (χ4v) is 5.28. The summed E-state index contributed by atoms with van der Waals surface area (Å²) in [4.78, 5) is 12.9. The maximum atomic E-state index is 12.9. The molecule has 0 radical (unpaired) electrons. The smallest absolute Gasteiger partial charge is 0.305 e. The predicted molar refractivity (Wildman–Crippen MR) is 120 cm³/mol. The van der Waals surface area contributed by atoms with Gasteiger partial charge in [-0.25, -0.2) is 0 Å². The number of benzene rings is 2. The van der Waals surface area contributed by atoms with Gasteiger partial charge in [-0.1, -0.05) is 60.2 Å². The monoisotopic (exact) mass is 440 g/mol. The molecule has 1 atom stereocenters. The number of amides is 1. The van der Waals surface area contributed by atoms with Crippen LogP contribution in [0.2, 0.25) is 0 Å². The van der Waals surface area contributed by atoms with Gasteiger partial charge in [0.2, 0.25) is 5.50 Å². The van der Waals surface area contributed by atoms with Gasteiger partial charge in [-0.3, -0.25) is 9.35 Å². The summed E-state index contributed by atoms with van der Waals surface area (Å²) in [5.74, 6) is 0.0752. The molecule has 2 aromatic rings. The lowest BCUT2D eigenvalue weighted by atomic mass is 9.76. The molecule has 164 valence electrons. The number of hydrogen-bond acceptors (Lipinski definition) is 4. The van der Waals surface area contributed by atoms with E-state index in [9.17, 15) is 17.8 Å². The molecule has 2 aromatic carbocycles. The zero-order chi connectivity index (χ0) is 22.0. The molecule has 1 heterocycles. The first kappa shape index (κ1) is 21.6. The lowest BCUT2D eigenvalue weighted by Crippen LogP contribution is -2.56. The summed E-state index contributed by atoms with van der Waals surface area (Å²) in [6.07, 6.45) is 4.05. The molecule has 31 heavy (non-hydrogen) atoms. The molecule has 1 aliphatic carbocycles. The second-order valence-electron chi connectivity index (χ2n) is 8.53. The van der Waals surface area contributed by atoms with Crippen LogP contribution in [0, 0.1) is 12.8 Å². The minimum absolute atomic E-state index is 0.0510. The molecule has 1 unspecified atom stereocenters. The normalized spacial score (nSPS) is 24.5. The van der Waals surface area contributed by atoms with Gasteiger partial charge in [0, 0.05) is 17.7 Å². The topological polar surface area (TPSA) is 95.5 Å². The standard InChI is InChI=1S/C24H28N2O4S/c1-16-6-5-7-17(14-16)15-21-22(25-24(26-23(21)27)31(28,29)30)20-12-10-19(11-13-20)18-8-3-2-4-9-18/h2-9,14,19-20,24-25H,10-13,15H2,1H3,(H,26,27)(H,28,29,30). The third-order valence-electron chi connectivity index (χ3n) is 6.32. The van der Waals surface area contributed by atoms with Gasteiger partial charge < -0.3 is 10.6 Å². The highest BCUT2D eigenvalue weighted by molar-refractivity contribution is 7.86. The summed E-state index contributed by atoms with van der Waals surface area (Å²) < 4.78 is 33.1. The fourth-order valence-electron chi connectivity index (χ4n) is 4.75. The van der Waals surface area contributed by atoms with E-state index in [2.05, 4.69) is 22.8 Å². The lowest BCUT2D eigenvalue weighted by Gasteiger charge is -2.36. The molecule has 4 rings (SSSR count). The Bertz CT molecular complexity index is 1090. The van der Waals surface area contributed by atoms with Gasteiger partial charge in [0.25, 0.3) is 5.91 Å². The highest BCUT2D eigenvalue weighted by atomic mass is 32.2. The lowest BCUT2D eigenvalue weighted by molar-refractivity contribution is -0.118. The van der Waals surface area contributed by atoms with Crippen LogP contribution in [0.25, 0.3) is 0 Å². The van der Waals surface area contributed by atoms with E-state index in [4.69, 9.17) is 0 Å². The molecule has 0 spiro atoms. The van der Waals surface area contributed by atoms with Gasteiger partial charge in [0.15, 0.2) is 0 Å². The number of nitrogens with one attached hydrogen (secondary N) is 2. The highest BCUT2D eigenvalue weighted by Gasteiger charge is 2.37. The van der Waals surface area contributed by atoms with E-state index in [1.807, 2.05) is 49.4 Å². The highest BCUT2D eigenvalue weighted by Crippen LogP contribution is 2.39. The van der Waals surface area contributed by atoms with Crippen molar-refractivity contribution in [3.8, 4) is 0 Å². The van der Waals surface area contributed by atoms with Crippen LogP contribution in [-0.4, -0.2) is 24.4 Å². The van der Waals surface area contributed by atoms with Crippen LogP contribution in [0.3, 0.4) is 0 Å². The molecule has 0 bridgehead atoms. The number of carbonyl (C=O) groups excluding carboxylic acids is 1. The van der Waals surface area contributed by atoms with Crippen LogP contribution >= 0.6 is 0 Å². The minimum atomic E-state index is -4.46.